The number of carbonyl (C=O) groups is 1. The van der Waals surface area contributed by atoms with Crippen LogP contribution in [0.1, 0.15) is 11.3 Å². The number of hydrogen-bond acceptors (Lipinski definition) is 5. The van der Waals surface area contributed by atoms with E-state index in [0.29, 0.717) is 28.1 Å². The molecule has 2 aromatic carbocycles. The minimum absolute atomic E-state index is 0.0494. The van der Waals surface area contributed by atoms with Gasteiger partial charge in [-0.3, -0.25) is 9.59 Å². The lowest BCUT2D eigenvalue weighted by atomic mass is 10.1. The van der Waals surface area contributed by atoms with E-state index >= 15 is 0 Å². The summed E-state index contributed by atoms with van der Waals surface area (Å²) in [6.45, 7) is 0.284. The van der Waals surface area contributed by atoms with Gasteiger partial charge >= 0.3 is 0 Å². The zero-order chi connectivity index (χ0) is 21.8. The largest absolute Gasteiger partial charge is 0.439 e. The van der Waals surface area contributed by atoms with Crippen LogP contribution in [0.15, 0.2) is 71.7 Å². The lowest BCUT2D eigenvalue weighted by molar-refractivity contribution is -0.120. The van der Waals surface area contributed by atoms with Gasteiger partial charge in [0.05, 0.1) is 17.5 Å². The number of carbonyl (C=O) groups excluding carboxylic acids is 1. The fourth-order valence-corrected chi connectivity index (χ4v) is 3.12. The smallest absolute Gasteiger partial charge is 0.274 e. The summed E-state index contributed by atoms with van der Waals surface area (Å²) in [5.74, 6) is 0.282. The molecule has 2 heterocycles. The van der Waals surface area contributed by atoms with Crippen LogP contribution in [0.25, 0.3) is 10.8 Å². The molecule has 8 heteroatoms. The molecule has 7 nitrogen and oxygen atoms in total. The van der Waals surface area contributed by atoms with Crippen LogP contribution in [0.5, 0.6) is 11.6 Å². The van der Waals surface area contributed by atoms with E-state index in [2.05, 4.69) is 15.4 Å². The molecule has 0 fully saturated rings. The van der Waals surface area contributed by atoms with E-state index < -0.39 is 0 Å². The van der Waals surface area contributed by atoms with Crippen LogP contribution in [0.2, 0.25) is 0 Å². The Bertz CT molecular complexity index is 1290. The Kier molecular flexibility index (Phi) is 5.70. The molecule has 2 aromatic heterocycles. The second kappa shape index (κ2) is 8.74. The predicted octanol–water partition coefficient (Wildman–Crippen LogP) is 3.12. The molecule has 0 saturated carbocycles. The van der Waals surface area contributed by atoms with Crippen molar-refractivity contribution in [3.63, 3.8) is 0 Å². The van der Waals surface area contributed by atoms with Gasteiger partial charge in [0.25, 0.3) is 5.56 Å². The third-order valence-electron chi connectivity index (χ3n) is 4.68. The van der Waals surface area contributed by atoms with E-state index in [0.717, 1.165) is 5.56 Å². The molecular weight excluding hydrogens is 399 g/mol. The van der Waals surface area contributed by atoms with Crippen LogP contribution in [0.3, 0.4) is 0 Å². The van der Waals surface area contributed by atoms with Crippen molar-refractivity contribution in [3.8, 4) is 11.6 Å². The summed E-state index contributed by atoms with van der Waals surface area (Å²) in [4.78, 5) is 28.9. The summed E-state index contributed by atoms with van der Waals surface area (Å²) < 4.78 is 19.8. The number of amides is 1. The number of aromatic nitrogens is 3. The van der Waals surface area contributed by atoms with Crippen molar-refractivity contribution < 1.29 is 13.9 Å². The van der Waals surface area contributed by atoms with Gasteiger partial charge in [0, 0.05) is 31.2 Å². The quantitative estimate of drug-likeness (QED) is 0.520. The topological polar surface area (TPSA) is 86.1 Å². The molecule has 0 unspecified atom stereocenters. The van der Waals surface area contributed by atoms with Gasteiger partial charge in [-0.2, -0.15) is 5.10 Å². The van der Waals surface area contributed by atoms with Crippen LogP contribution >= 0.6 is 0 Å². The summed E-state index contributed by atoms with van der Waals surface area (Å²) in [6, 6.07) is 16.2. The van der Waals surface area contributed by atoms with Gasteiger partial charge in [-0.15, -0.1) is 0 Å². The summed E-state index contributed by atoms with van der Waals surface area (Å²) in [7, 11) is 1.57. The van der Waals surface area contributed by atoms with Crippen LogP contribution < -0.4 is 15.6 Å². The maximum absolute atomic E-state index is 13.0. The molecule has 1 N–H and O–H groups in total. The Hall–Kier alpha value is -4.07. The van der Waals surface area contributed by atoms with Crippen molar-refractivity contribution >= 4 is 16.7 Å². The van der Waals surface area contributed by atoms with Gasteiger partial charge in [0.2, 0.25) is 11.8 Å². The molecule has 4 rings (SSSR count). The number of halogens is 1. The first kappa shape index (κ1) is 20.2. The SMILES string of the molecule is Cn1nc(CC(=O)NCc2ccc(Oc3ccc(F)cc3)nc2)c2ccccc2c1=O. The van der Waals surface area contributed by atoms with Gasteiger partial charge in [-0.05, 0) is 35.9 Å². The molecule has 156 valence electrons. The van der Waals surface area contributed by atoms with Gasteiger partial charge in [0.15, 0.2) is 0 Å². The number of fused-ring (bicyclic) bond motifs is 1. The minimum atomic E-state index is -0.340. The van der Waals surface area contributed by atoms with E-state index in [1.165, 1.54) is 28.9 Å². The number of rotatable bonds is 6. The van der Waals surface area contributed by atoms with E-state index in [1.807, 2.05) is 6.07 Å². The van der Waals surface area contributed by atoms with E-state index in [1.54, 1.807) is 43.6 Å². The standard InChI is InChI=1S/C23H19FN4O3/c1-28-23(30)19-5-3-2-4-18(19)20(27-28)12-21(29)25-13-15-6-11-22(26-14-15)31-17-9-7-16(24)8-10-17/h2-11,14H,12-13H2,1H3,(H,25,29). The average Bonchev–Trinajstić information content (AvgIpc) is 2.78. The van der Waals surface area contributed by atoms with Gasteiger partial charge in [-0.25, -0.2) is 14.1 Å². The zero-order valence-corrected chi connectivity index (χ0v) is 16.7. The number of nitrogens with zero attached hydrogens (tertiary/aromatic N) is 3. The van der Waals surface area contributed by atoms with Gasteiger partial charge < -0.3 is 10.1 Å². The van der Waals surface area contributed by atoms with E-state index in [4.69, 9.17) is 4.74 Å². The number of pyridine rings is 1. The highest BCUT2D eigenvalue weighted by Crippen LogP contribution is 2.19. The first-order chi connectivity index (χ1) is 15.0. The third kappa shape index (κ3) is 4.75. The Labute approximate surface area is 177 Å². The van der Waals surface area contributed by atoms with E-state index in [9.17, 15) is 14.0 Å². The monoisotopic (exact) mass is 418 g/mol. The fraction of sp³-hybridized carbons (Fsp3) is 0.130. The van der Waals surface area contributed by atoms with Crippen LogP contribution in [-0.4, -0.2) is 20.7 Å². The molecule has 0 saturated heterocycles. The first-order valence-corrected chi connectivity index (χ1v) is 9.59. The molecule has 1 amide bonds. The lowest BCUT2D eigenvalue weighted by Gasteiger charge is -2.09. The van der Waals surface area contributed by atoms with Crippen LogP contribution in [0, 0.1) is 5.82 Å². The molecule has 0 aliphatic rings. The van der Waals surface area contributed by atoms with Crippen LogP contribution in [0.4, 0.5) is 4.39 Å². The van der Waals surface area contributed by atoms with E-state index in [-0.39, 0.29) is 30.2 Å². The predicted molar refractivity (Wildman–Crippen MR) is 113 cm³/mol. The van der Waals surface area contributed by atoms with Gasteiger partial charge in [0.1, 0.15) is 11.6 Å². The zero-order valence-electron chi connectivity index (χ0n) is 16.7. The summed E-state index contributed by atoms with van der Waals surface area (Å²) in [5, 5.41) is 8.28. The first-order valence-electron chi connectivity index (χ1n) is 9.59. The Balaban J connectivity index is 1.38. The van der Waals surface area contributed by atoms with Crippen molar-refractivity contribution in [3.05, 3.63) is 94.3 Å². The van der Waals surface area contributed by atoms with Crippen molar-refractivity contribution in [1.82, 2.24) is 20.1 Å². The van der Waals surface area contributed by atoms with Crippen LogP contribution in [-0.2, 0) is 24.8 Å². The molecule has 0 aliphatic carbocycles. The maximum Gasteiger partial charge on any atom is 0.274 e. The van der Waals surface area contributed by atoms with Crippen molar-refractivity contribution in [2.45, 2.75) is 13.0 Å². The molecule has 0 spiro atoms. The minimum Gasteiger partial charge on any atom is -0.439 e. The Morgan fingerprint density at radius 2 is 1.81 bits per heavy atom. The molecule has 0 aliphatic heterocycles. The molecule has 31 heavy (non-hydrogen) atoms. The maximum atomic E-state index is 13.0. The summed E-state index contributed by atoms with van der Waals surface area (Å²) in [6.07, 6.45) is 1.65. The Morgan fingerprint density at radius 3 is 2.52 bits per heavy atom. The second-order valence-electron chi connectivity index (χ2n) is 6.94. The molecule has 0 atom stereocenters. The summed E-state index contributed by atoms with van der Waals surface area (Å²) in [5.41, 5.74) is 1.13. The molecule has 0 bridgehead atoms. The third-order valence-corrected chi connectivity index (χ3v) is 4.68. The van der Waals surface area contributed by atoms with Crippen molar-refractivity contribution in [2.24, 2.45) is 7.05 Å². The molecule has 4 aromatic rings. The second-order valence-corrected chi connectivity index (χ2v) is 6.94. The Morgan fingerprint density at radius 1 is 1.06 bits per heavy atom. The average molecular weight is 418 g/mol. The number of nitrogens with one attached hydrogen (secondary N) is 1. The lowest BCUT2D eigenvalue weighted by Crippen LogP contribution is -2.27. The normalized spacial score (nSPS) is 10.8. The summed E-state index contributed by atoms with van der Waals surface area (Å²) >= 11 is 0. The highest BCUT2D eigenvalue weighted by Gasteiger charge is 2.12. The number of aryl methyl sites for hydroxylation is 1. The highest BCUT2D eigenvalue weighted by atomic mass is 19.1. The number of hydrogen-bond donors (Lipinski definition) is 1. The number of benzene rings is 2. The van der Waals surface area contributed by atoms with Gasteiger partial charge in [-0.1, -0.05) is 24.3 Å². The molecular formula is C23H19FN4O3. The fourth-order valence-electron chi connectivity index (χ4n) is 3.12. The van der Waals surface area contributed by atoms with Crippen molar-refractivity contribution in [2.75, 3.05) is 0 Å². The molecule has 0 radical (unpaired) electrons. The number of ether oxygens (including phenoxy) is 1. The highest BCUT2D eigenvalue weighted by molar-refractivity contribution is 5.88. The van der Waals surface area contributed by atoms with Crippen molar-refractivity contribution in [1.29, 1.82) is 0 Å².